The van der Waals surface area contributed by atoms with Crippen molar-refractivity contribution in [3.05, 3.63) is 46.5 Å². The number of carbonyl (C=O) groups is 2. The molecule has 0 aromatic heterocycles. The van der Waals surface area contributed by atoms with Crippen molar-refractivity contribution in [1.82, 2.24) is 5.32 Å². The topological polar surface area (TPSA) is 46.2 Å². The van der Waals surface area contributed by atoms with Crippen molar-refractivity contribution in [2.24, 2.45) is 11.3 Å². The molecule has 3 nitrogen and oxygen atoms in total. The van der Waals surface area contributed by atoms with Crippen molar-refractivity contribution in [1.29, 1.82) is 0 Å². The molecule has 0 spiro atoms. The minimum absolute atomic E-state index is 0.223. The second-order valence-corrected chi connectivity index (χ2v) is 8.03. The van der Waals surface area contributed by atoms with Crippen LogP contribution in [0.1, 0.15) is 44.6 Å². The number of nitrogens with one attached hydrogen (secondary N) is 1. The molecule has 0 bridgehead atoms. The summed E-state index contributed by atoms with van der Waals surface area (Å²) < 4.78 is 0. The van der Waals surface area contributed by atoms with Crippen LogP contribution in [0.25, 0.3) is 0 Å². The van der Waals surface area contributed by atoms with Gasteiger partial charge in [0, 0.05) is 18.3 Å². The lowest BCUT2D eigenvalue weighted by Crippen LogP contribution is -2.55. The summed E-state index contributed by atoms with van der Waals surface area (Å²) in [6, 6.07) is 5.47. The predicted molar refractivity (Wildman–Crippen MR) is 96.2 cm³/mol. The number of piperidine rings is 1. The van der Waals surface area contributed by atoms with Gasteiger partial charge in [0.15, 0.2) is 0 Å². The van der Waals surface area contributed by atoms with Gasteiger partial charge in [-0.05, 0) is 48.3 Å². The van der Waals surface area contributed by atoms with E-state index in [0.29, 0.717) is 16.0 Å². The summed E-state index contributed by atoms with van der Waals surface area (Å²) in [6.07, 6.45) is 5.43. The molecule has 1 unspecified atom stereocenters. The summed E-state index contributed by atoms with van der Waals surface area (Å²) in [5.41, 5.74) is 0.103. The normalized spacial score (nSPS) is 22.6. The first-order valence-electron chi connectivity index (χ1n) is 8.21. The third-order valence-electron chi connectivity index (χ3n) is 5.82. The minimum Gasteiger partial charge on any atom is -0.296 e. The number of rotatable bonds is 5. The van der Waals surface area contributed by atoms with Gasteiger partial charge >= 0.3 is 0 Å². The van der Waals surface area contributed by atoms with Crippen molar-refractivity contribution < 1.29 is 9.59 Å². The first-order chi connectivity index (χ1) is 11.3. The maximum Gasteiger partial charge on any atom is 0.227 e. The SMILES string of the molecule is C=CCC(C)(C1CC1)C1(c2ccc(Cl)c(Cl)c2)CC(=O)NC(=O)C1. The van der Waals surface area contributed by atoms with E-state index in [0.717, 1.165) is 24.8 Å². The van der Waals surface area contributed by atoms with Crippen LogP contribution in [0.15, 0.2) is 30.9 Å². The largest absolute Gasteiger partial charge is 0.296 e. The molecule has 1 saturated carbocycles. The van der Waals surface area contributed by atoms with Gasteiger partial charge in [0.25, 0.3) is 0 Å². The van der Waals surface area contributed by atoms with Crippen LogP contribution in [0.2, 0.25) is 10.0 Å². The van der Waals surface area contributed by atoms with Crippen LogP contribution in [-0.2, 0) is 15.0 Å². The fraction of sp³-hybridized carbons (Fsp3) is 0.474. The fourth-order valence-corrected chi connectivity index (χ4v) is 4.66. The molecular weight excluding hydrogens is 345 g/mol. The number of hydrogen-bond acceptors (Lipinski definition) is 2. The van der Waals surface area contributed by atoms with E-state index >= 15 is 0 Å². The van der Waals surface area contributed by atoms with Crippen LogP contribution in [0.5, 0.6) is 0 Å². The van der Waals surface area contributed by atoms with E-state index in [2.05, 4.69) is 18.8 Å². The van der Waals surface area contributed by atoms with E-state index in [1.807, 2.05) is 18.2 Å². The van der Waals surface area contributed by atoms with E-state index in [-0.39, 0.29) is 30.1 Å². The number of amides is 2. The Labute approximate surface area is 152 Å². The Morgan fingerprint density at radius 1 is 1.25 bits per heavy atom. The highest BCUT2D eigenvalue weighted by Crippen LogP contribution is 2.61. The smallest absolute Gasteiger partial charge is 0.227 e. The quantitative estimate of drug-likeness (QED) is 0.609. The Kier molecular flexibility index (Phi) is 4.52. The Morgan fingerprint density at radius 3 is 2.38 bits per heavy atom. The van der Waals surface area contributed by atoms with Crippen molar-refractivity contribution in [2.45, 2.75) is 44.4 Å². The molecule has 1 saturated heterocycles. The van der Waals surface area contributed by atoms with Gasteiger partial charge in [0.1, 0.15) is 0 Å². The molecule has 1 N–H and O–H groups in total. The summed E-state index contributed by atoms with van der Waals surface area (Å²) in [4.78, 5) is 24.6. The summed E-state index contributed by atoms with van der Waals surface area (Å²) in [5, 5.41) is 3.36. The molecule has 1 heterocycles. The van der Waals surface area contributed by atoms with Gasteiger partial charge in [0.2, 0.25) is 11.8 Å². The Bertz CT molecular complexity index is 695. The molecule has 2 fully saturated rings. The molecule has 1 atom stereocenters. The summed E-state index contributed by atoms with van der Waals surface area (Å²) in [7, 11) is 0. The molecular formula is C19H21Cl2NO2. The van der Waals surface area contributed by atoms with Crippen molar-refractivity contribution in [2.75, 3.05) is 0 Å². The lowest BCUT2D eigenvalue weighted by molar-refractivity contribution is -0.139. The average Bonchev–Trinajstić information content (AvgIpc) is 3.34. The fourth-order valence-electron chi connectivity index (χ4n) is 4.36. The maximum absolute atomic E-state index is 12.3. The predicted octanol–water partition coefficient (Wildman–Crippen LogP) is 4.66. The first-order valence-corrected chi connectivity index (χ1v) is 8.97. The van der Waals surface area contributed by atoms with E-state index in [1.165, 1.54) is 0 Å². The Balaban J connectivity index is 2.20. The van der Waals surface area contributed by atoms with Gasteiger partial charge in [-0.15, -0.1) is 6.58 Å². The van der Waals surface area contributed by atoms with Gasteiger partial charge in [-0.1, -0.05) is 42.3 Å². The summed E-state index contributed by atoms with van der Waals surface area (Å²) in [5.74, 6) is 0.0187. The summed E-state index contributed by atoms with van der Waals surface area (Å²) >= 11 is 12.3. The van der Waals surface area contributed by atoms with Crippen molar-refractivity contribution in [3.8, 4) is 0 Å². The molecule has 1 aromatic rings. The monoisotopic (exact) mass is 365 g/mol. The van der Waals surface area contributed by atoms with Crippen LogP contribution in [0.4, 0.5) is 0 Å². The molecule has 1 aromatic carbocycles. The number of halogens is 2. The molecule has 5 heteroatoms. The molecule has 3 rings (SSSR count). The van der Waals surface area contributed by atoms with Gasteiger partial charge in [-0.3, -0.25) is 14.9 Å². The van der Waals surface area contributed by atoms with Gasteiger partial charge < -0.3 is 0 Å². The maximum atomic E-state index is 12.3. The zero-order valence-corrected chi connectivity index (χ0v) is 15.2. The number of hydrogen-bond donors (Lipinski definition) is 1. The average molecular weight is 366 g/mol. The van der Waals surface area contributed by atoms with E-state index in [1.54, 1.807) is 6.07 Å². The highest BCUT2D eigenvalue weighted by molar-refractivity contribution is 6.42. The van der Waals surface area contributed by atoms with E-state index in [9.17, 15) is 9.59 Å². The standard InChI is InChI=1S/C19H21Cl2NO2/c1-3-8-18(2,12-4-5-12)19(10-16(23)22-17(24)11-19)13-6-7-14(20)15(21)9-13/h3,6-7,9,12H,1,4-5,8,10-11H2,2H3,(H,22,23,24). The van der Waals surface area contributed by atoms with E-state index in [4.69, 9.17) is 23.2 Å². The minimum atomic E-state index is -0.587. The van der Waals surface area contributed by atoms with Gasteiger partial charge in [-0.2, -0.15) is 0 Å². The van der Waals surface area contributed by atoms with Crippen LogP contribution < -0.4 is 5.32 Å². The second-order valence-electron chi connectivity index (χ2n) is 7.22. The molecule has 1 aliphatic heterocycles. The Hall–Kier alpha value is -1.32. The highest BCUT2D eigenvalue weighted by Gasteiger charge is 2.58. The number of benzene rings is 1. The molecule has 2 amide bonds. The van der Waals surface area contributed by atoms with Gasteiger partial charge in [-0.25, -0.2) is 0 Å². The summed E-state index contributed by atoms with van der Waals surface area (Å²) in [6.45, 7) is 6.09. The zero-order chi connectivity index (χ0) is 17.5. The second kappa shape index (κ2) is 6.20. The number of allylic oxidation sites excluding steroid dienone is 1. The van der Waals surface area contributed by atoms with Gasteiger partial charge in [0.05, 0.1) is 10.0 Å². The molecule has 1 aliphatic carbocycles. The number of imide groups is 1. The number of carbonyl (C=O) groups excluding carboxylic acids is 2. The molecule has 0 radical (unpaired) electrons. The van der Waals surface area contributed by atoms with Crippen LogP contribution >= 0.6 is 23.2 Å². The zero-order valence-electron chi connectivity index (χ0n) is 13.7. The first kappa shape index (κ1) is 17.5. The van der Waals surface area contributed by atoms with Crippen LogP contribution in [-0.4, -0.2) is 11.8 Å². The molecule has 24 heavy (non-hydrogen) atoms. The van der Waals surface area contributed by atoms with Crippen LogP contribution in [0, 0.1) is 11.3 Å². The van der Waals surface area contributed by atoms with Crippen LogP contribution in [0.3, 0.4) is 0 Å². The van der Waals surface area contributed by atoms with Crippen molar-refractivity contribution in [3.63, 3.8) is 0 Å². The highest BCUT2D eigenvalue weighted by atomic mass is 35.5. The third-order valence-corrected chi connectivity index (χ3v) is 6.55. The lowest BCUT2D eigenvalue weighted by atomic mass is 9.53. The molecule has 128 valence electrons. The lowest BCUT2D eigenvalue weighted by Gasteiger charge is -2.51. The molecule has 2 aliphatic rings. The van der Waals surface area contributed by atoms with Crippen molar-refractivity contribution >= 4 is 35.0 Å². The third kappa shape index (κ3) is 2.78. The Morgan fingerprint density at radius 2 is 1.88 bits per heavy atom. The van der Waals surface area contributed by atoms with E-state index < -0.39 is 5.41 Å².